The van der Waals surface area contributed by atoms with Gasteiger partial charge in [-0.3, -0.25) is 4.98 Å². The molecule has 4 rings (SSSR count). The number of fused-ring (bicyclic) bond motifs is 1. The van der Waals surface area contributed by atoms with Crippen molar-refractivity contribution < 1.29 is 0 Å². The molecule has 1 saturated heterocycles. The second kappa shape index (κ2) is 7.86. The highest BCUT2D eigenvalue weighted by atomic mass is 35.5. The number of aromatic nitrogens is 3. The van der Waals surface area contributed by atoms with Gasteiger partial charge >= 0.3 is 0 Å². The van der Waals surface area contributed by atoms with Gasteiger partial charge in [0.2, 0.25) is 0 Å². The van der Waals surface area contributed by atoms with E-state index in [1.165, 1.54) is 5.30 Å². The Hall–Kier alpha value is -2.28. The average molecular weight is 424 g/mol. The van der Waals surface area contributed by atoms with E-state index in [2.05, 4.69) is 35.6 Å². The van der Waals surface area contributed by atoms with Crippen LogP contribution in [0.2, 0.25) is 5.02 Å². The molecule has 0 saturated carbocycles. The second-order valence-electron chi connectivity index (χ2n) is 7.58. The minimum absolute atomic E-state index is 0.0311. The van der Waals surface area contributed by atoms with E-state index in [1.807, 2.05) is 19.9 Å². The molecule has 1 aliphatic rings. The Labute approximate surface area is 177 Å². The van der Waals surface area contributed by atoms with Gasteiger partial charge in [0, 0.05) is 29.7 Å². The van der Waals surface area contributed by atoms with E-state index in [4.69, 9.17) is 21.6 Å². The summed E-state index contributed by atoms with van der Waals surface area (Å²) in [4.78, 5) is 16.5. The van der Waals surface area contributed by atoms with Gasteiger partial charge in [-0.05, 0) is 56.4 Å². The van der Waals surface area contributed by atoms with Gasteiger partial charge in [-0.25, -0.2) is 9.97 Å². The minimum Gasteiger partial charge on any atom is -0.355 e. The number of halogens is 1. The van der Waals surface area contributed by atoms with Crippen molar-refractivity contribution in [3.63, 3.8) is 0 Å². The zero-order valence-corrected chi connectivity index (χ0v) is 18.8. The lowest BCUT2D eigenvalue weighted by atomic mass is 10.0. The molecule has 7 heteroatoms. The number of pyridine rings is 1. The largest absolute Gasteiger partial charge is 0.355 e. The zero-order valence-electron chi connectivity index (χ0n) is 17.0. The Morgan fingerprint density at radius 3 is 2.72 bits per heavy atom. The number of nitriles is 1. The molecule has 0 radical (unpaired) electrons. The van der Waals surface area contributed by atoms with Crippen LogP contribution in [0.1, 0.15) is 23.2 Å². The first kappa shape index (κ1) is 20.0. The molecule has 148 valence electrons. The number of benzene rings is 1. The Morgan fingerprint density at radius 2 is 2.03 bits per heavy atom. The maximum Gasteiger partial charge on any atom is 0.164 e. The fourth-order valence-corrected chi connectivity index (χ4v) is 5.08. The summed E-state index contributed by atoms with van der Waals surface area (Å²) in [7, 11) is 0.669. The number of hydrogen-bond acceptors (Lipinski definition) is 5. The summed E-state index contributed by atoms with van der Waals surface area (Å²) in [5.74, 6) is 1.53. The molecule has 29 heavy (non-hydrogen) atoms. The first-order valence-electron chi connectivity index (χ1n) is 9.69. The summed E-state index contributed by atoms with van der Waals surface area (Å²) >= 11 is 6.75. The summed E-state index contributed by atoms with van der Waals surface area (Å²) in [6.45, 7) is 9.76. The van der Waals surface area contributed by atoms with Gasteiger partial charge in [0.15, 0.2) is 5.82 Å². The number of rotatable bonds is 3. The van der Waals surface area contributed by atoms with E-state index in [9.17, 15) is 5.26 Å². The van der Waals surface area contributed by atoms with E-state index >= 15 is 0 Å². The summed E-state index contributed by atoms with van der Waals surface area (Å²) < 4.78 is 0. The lowest BCUT2D eigenvalue weighted by molar-refractivity contribution is 0.754. The molecule has 0 spiro atoms. The van der Waals surface area contributed by atoms with E-state index in [-0.39, 0.29) is 5.92 Å². The van der Waals surface area contributed by atoms with Crippen LogP contribution in [-0.4, -0.2) is 34.7 Å². The highest BCUT2D eigenvalue weighted by Gasteiger charge is 2.26. The summed E-state index contributed by atoms with van der Waals surface area (Å²) in [6, 6.07) is 6.58. The summed E-state index contributed by atoms with van der Waals surface area (Å²) in [5, 5.41) is 12.3. The lowest BCUT2D eigenvalue weighted by Gasteiger charge is -2.21. The molecule has 2 aromatic heterocycles. The highest BCUT2D eigenvalue weighted by molar-refractivity contribution is 7.46. The molecule has 0 amide bonds. The molecular formula is C22H23ClN5P. The van der Waals surface area contributed by atoms with Gasteiger partial charge in [-0.2, -0.15) is 5.26 Å². The first-order valence-corrected chi connectivity index (χ1v) is 11.6. The van der Waals surface area contributed by atoms with Gasteiger partial charge in [0.1, 0.15) is 5.82 Å². The number of aryl methyl sites for hydroxylation is 2. The fourth-order valence-electron chi connectivity index (χ4n) is 3.94. The summed E-state index contributed by atoms with van der Waals surface area (Å²) in [6.07, 6.45) is 2.66. The van der Waals surface area contributed by atoms with Gasteiger partial charge in [-0.15, -0.1) is 0 Å². The van der Waals surface area contributed by atoms with Gasteiger partial charge in [-0.1, -0.05) is 26.2 Å². The summed E-state index contributed by atoms with van der Waals surface area (Å²) in [5.41, 5.74) is 4.78. The highest BCUT2D eigenvalue weighted by Crippen LogP contribution is 2.36. The molecule has 0 N–H and O–H groups in total. The molecule has 3 aromatic rings. The van der Waals surface area contributed by atoms with Crippen LogP contribution in [0.15, 0.2) is 18.3 Å². The molecule has 3 heterocycles. The van der Waals surface area contributed by atoms with E-state index in [0.717, 1.165) is 52.1 Å². The van der Waals surface area contributed by atoms with Gasteiger partial charge < -0.3 is 4.90 Å². The lowest BCUT2D eigenvalue weighted by Crippen LogP contribution is -2.21. The third-order valence-electron chi connectivity index (χ3n) is 5.57. The van der Waals surface area contributed by atoms with Crippen LogP contribution in [0.25, 0.3) is 22.3 Å². The molecule has 1 aromatic carbocycles. The molecule has 1 aliphatic heterocycles. The van der Waals surface area contributed by atoms with Crippen molar-refractivity contribution in [1.29, 1.82) is 5.26 Å². The molecule has 2 atom stereocenters. The predicted octanol–water partition coefficient (Wildman–Crippen LogP) is 4.55. The first-order chi connectivity index (χ1) is 13.9. The predicted molar refractivity (Wildman–Crippen MR) is 122 cm³/mol. The molecular weight excluding hydrogens is 401 g/mol. The van der Waals surface area contributed by atoms with E-state index in [1.54, 1.807) is 6.20 Å². The van der Waals surface area contributed by atoms with Gasteiger partial charge in [0.05, 0.1) is 28.7 Å². The topological polar surface area (TPSA) is 65.7 Å². The molecule has 1 fully saturated rings. The standard InChI is InChI=1S/C22H23ClN5P/c1-12-7-18(29-4)14(3)19(20(12)23)21-26-17-10-25-13(2)8-16(17)22(27-21)28-6-5-15(9-24)11-28/h7-8,10,15,29H,5-6,11H2,1-4H3. The Morgan fingerprint density at radius 1 is 1.24 bits per heavy atom. The quantitative estimate of drug-likeness (QED) is 0.578. The third kappa shape index (κ3) is 3.56. The van der Waals surface area contributed by atoms with Crippen molar-refractivity contribution in [3.8, 4) is 17.5 Å². The van der Waals surface area contributed by atoms with Crippen LogP contribution >= 0.6 is 20.2 Å². The van der Waals surface area contributed by atoms with E-state index < -0.39 is 0 Å². The van der Waals surface area contributed by atoms with Crippen LogP contribution < -0.4 is 10.2 Å². The van der Waals surface area contributed by atoms with Crippen LogP contribution in [0.3, 0.4) is 0 Å². The average Bonchev–Trinajstić information content (AvgIpc) is 3.19. The molecule has 2 unspecified atom stereocenters. The molecule has 0 aliphatic carbocycles. The third-order valence-corrected chi connectivity index (χ3v) is 7.11. The van der Waals surface area contributed by atoms with Crippen LogP contribution in [0, 0.1) is 38.0 Å². The number of nitrogens with zero attached hydrogens (tertiary/aromatic N) is 5. The van der Waals surface area contributed by atoms with Crippen molar-refractivity contribution in [2.75, 3.05) is 24.7 Å². The smallest absolute Gasteiger partial charge is 0.164 e. The Bertz CT molecular complexity index is 1150. The Kier molecular flexibility index (Phi) is 5.42. The van der Waals surface area contributed by atoms with Crippen LogP contribution in [-0.2, 0) is 0 Å². The Balaban J connectivity index is 1.98. The zero-order chi connectivity index (χ0) is 20.7. The molecule has 0 bridgehead atoms. The fraction of sp³-hybridized carbons (Fsp3) is 0.364. The van der Waals surface area contributed by atoms with Crippen molar-refractivity contribution >= 4 is 42.2 Å². The van der Waals surface area contributed by atoms with Gasteiger partial charge in [0.25, 0.3) is 0 Å². The molecule has 5 nitrogen and oxygen atoms in total. The van der Waals surface area contributed by atoms with Crippen LogP contribution in [0.4, 0.5) is 5.82 Å². The van der Waals surface area contributed by atoms with E-state index in [0.29, 0.717) is 26.0 Å². The number of anilines is 1. The van der Waals surface area contributed by atoms with Crippen LogP contribution in [0.5, 0.6) is 0 Å². The monoisotopic (exact) mass is 423 g/mol. The van der Waals surface area contributed by atoms with Crippen molar-refractivity contribution in [2.45, 2.75) is 27.2 Å². The SMILES string of the molecule is CPc1cc(C)c(Cl)c(-c2nc(N3CCC(C#N)C3)c3cc(C)ncc3n2)c1C. The normalized spacial score (nSPS) is 16.8. The number of hydrogen-bond donors (Lipinski definition) is 0. The second-order valence-corrected chi connectivity index (χ2v) is 9.00. The maximum absolute atomic E-state index is 9.35. The van der Waals surface area contributed by atoms with Crippen molar-refractivity contribution in [2.24, 2.45) is 5.92 Å². The maximum atomic E-state index is 9.35. The minimum atomic E-state index is 0.0311. The van der Waals surface area contributed by atoms with Crippen molar-refractivity contribution in [3.05, 3.63) is 40.2 Å². The van der Waals surface area contributed by atoms with Crippen molar-refractivity contribution in [1.82, 2.24) is 15.0 Å².